The number of ketones is 2. The Balaban J connectivity index is 2.17. The van der Waals surface area contributed by atoms with Crippen LogP contribution in [0.3, 0.4) is 0 Å². The second-order valence-electron chi connectivity index (χ2n) is 6.03. The predicted molar refractivity (Wildman–Crippen MR) is 76.7 cm³/mol. The van der Waals surface area contributed by atoms with Crippen molar-refractivity contribution in [3.8, 4) is 0 Å². The number of nitrogens with one attached hydrogen (secondary N) is 1. The summed E-state index contributed by atoms with van der Waals surface area (Å²) in [5, 5.41) is 0. The molecule has 0 saturated carbocycles. The SMILES string of the molecule is CCC(C)(C)C(=O)C(=O)N1CCCC1C(=O)c1ncc[nH]1. The van der Waals surface area contributed by atoms with E-state index in [1.807, 2.05) is 6.92 Å². The van der Waals surface area contributed by atoms with Crippen LogP contribution < -0.4 is 0 Å². The summed E-state index contributed by atoms with van der Waals surface area (Å²) >= 11 is 0. The van der Waals surface area contributed by atoms with Crippen LogP contribution in [-0.4, -0.2) is 44.9 Å². The Morgan fingerprint density at radius 3 is 2.71 bits per heavy atom. The molecule has 1 fully saturated rings. The van der Waals surface area contributed by atoms with Crippen molar-refractivity contribution in [3.05, 3.63) is 18.2 Å². The van der Waals surface area contributed by atoms with Crippen molar-refractivity contribution >= 4 is 17.5 Å². The highest BCUT2D eigenvalue weighted by Gasteiger charge is 2.41. The monoisotopic (exact) mass is 291 g/mol. The highest BCUT2D eigenvalue weighted by atomic mass is 16.2. The zero-order valence-electron chi connectivity index (χ0n) is 12.7. The van der Waals surface area contributed by atoms with Gasteiger partial charge in [0, 0.05) is 24.4 Å². The summed E-state index contributed by atoms with van der Waals surface area (Å²) in [7, 11) is 0. The molecule has 1 saturated heterocycles. The number of Topliss-reactive ketones (excluding diaryl/α,β-unsaturated/α-hetero) is 2. The van der Waals surface area contributed by atoms with Crippen LogP contribution in [0.15, 0.2) is 12.4 Å². The first-order valence-electron chi connectivity index (χ1n) is 7.27. The number of hydrogen-bond acceptors (Lipinski definition) is 4. The van der Waals surface area contributed by atoms with Crippen molar-refractivity contribution in [2.24, 2.45) is 5.41 Å². The highest BCUT2D eigenvalue weighted by molar-refractivity contribution is 6.38. The maximum atomic E-state index is 12.4. The zero-order valence-corrected chi connectivity index (χ0v) is 12.7. The molecule has 0 spiro atoms. The van der Waals surface area contributed by atoms with Gasteiger partial charge in [-0.2, -0.15) is 0 Å². The molecular weight excluding hydrogens is 270 g/mol. The Hall–Kier alpha value is -1.98. The van der Waals surface area contributed by atoms with Crippen LogP contribution in [0.5, 0.6) is 0 Å². The van der Waals surface area contributed by atoms with Gasteiger partial charge in [0.1, 0.15) is 0 Å². The minimum atomic E-state index is -0.696. The lowest BCUT2D eigenvalue weighted by Crippen LogP contribution is -2.47. The van der Waals surface area contributed by atoms with E-state index in [0.29, 0.717) is 19.4 Å². The van der Waals surface area contributed by atoms with Gasteiger partial charge in [-0.15, -0.1) is 0 Å². The zero-order chi connectivity index (χ0) is 15.6. The minimum absolute atomic E-state index is 0.229. The molecule has 6 nitrogen and oxygen atoms in total. The van der Waals surface area contributed by atoms with Gasteiger partial charge in [0.15, 0.2) is 5.82 Å². The lowest BCUT2D eigenvalue weighted by molar-refractivity contribution is -0.149. The average Bonchev–Trinajstić information content (AvgIpc) is 3.15. The molecule has 1 aromatic heterocycles. The maximum absolute atomic E-state index is 12.4. The van der Waals surface area contributed by atoms with Crippen molar-refractivity contribution in [2.75, 3.05) is 6.54 Å². The number of likely N-dealkylation sites (tertiary alicyclic amines) is 1. The van der Waals surface area contributed by atoms with Crippen LogP contribution in [0.2, 0.25) is 0 Å². The number of nitrogens with zero attached hydrogens (tertiary/aromatic N) is 2. The number of imidazole rings is 1. The van der Waals surface area contributed by atoms with Crippen molar-refractivity contribution in [3.63, 3.8) is 0 Å². The van der Waals surface area contributed by atoms with E-state index in [0.717, 1.165) is 6.42 Å². The first-order chi connectivity index (χ1) is 9.88. The van der Waals surface area contributed by atoms with Crippen LogP contribution >= 0.6 is 0 Å². The standard InChI is InChI=1S/C15H21N3O3/c1-4-15(2,3)12(20)14(21)18-9-5-6-10(18)11(19)13-16-7-8-17-13/h7-8,10H,4-6,9H2,1-3H3,(H,16,17). The molecular formula is C15H21N3O3. The average molecular weight is 291 g/mol. The first kappa shape index (κ1) is 15.4. The van der Waals surface area contributed by atoms with Gasteiger partial charge in [0.05, 0.1) is 6.04 Å². The molecule has 1 unspecified atom stereocenters. The lowest BCUT2D eigenvalue weighted by Gasteiger charge is -2.27. The van der Waals surface area contributed by atoms with Gasteiger partial charge in [-0.05, 0) is 19.3 Å². The van der Waals surface area contributed by atoms with E-state index in [2.05, 4.69) is 9.97 Å². The summed E-state index contributed by atoms with van der Waals surface area (Å²) in [6.45, 7) is 5.83. The Morgan fingerprint density at radius 1 is 1.43 bits per heavy atom. The summed E-state index contributed by atoms with van der Waals surface area (Å²) in [6.07, 6.45) is 4.95. The summed E-state index contributed by atoms with van der Waals surface area (Å²) in [4.78, 5) is 45.2. The van der Waals surface area contributed by atoms with Crippen molar-refractivity contribution in [2.45, 2.75) is 46.1 Å². The number of carbonyl (C=O) groups is 3. The Kier molecular flexibility index (Phi) is 4.25. The third kappa shape index (κ3) is 2.89. The Morgan fingerprint density at radius 2 is 2.14 bits per heavy atom. The molecule has 0 bridgehead atoms. The largest absolute Gasteiger partial charge is 0.342 e. The fourth-order valence-corrected chi connectivity index (χ4v) is 2.42. The lowest BCUT2D eigenvalue weighted by atomic mass is 9.84. The van der Waals surface area contributed by atoms with Crippen LogP contribution in [0, 0.1) is 5.41 Å². The van der Waals surface area contributed by atoms with Gasteiger partial charge in [-0.1, -0.05) is 20.8 Å². The fraction of sp³-hybridized carbons (Fsp3) is 0.600. The van der Waals surface area contributed by atoms with E-state index in [9.17, 15) is 14.4 Å². The summed E-state index contributed by atoms with van der Waals surface area (Å²) in [6, 6.07) is -0.583. The Bertz CT molecular complexity index is 549. The first-order valence-corrected chi connectivity index (χ1v) is 7.27. The van der Waals surface area contributed by atoms with Gasteiger partial charge < -0.3 is 9.88 Å². The van der Waals surface area contributed by atoms with Crippen molar-refractivity contribution in [1.29, 1.82) is 0 Å². The number of aromatic amines is 1. The van der Waals surface area contributed by atoms with E-state index >= 15 is 0 Å². The quantitative estimate of drug-likeness (QED) is 0.659. The number of amides is 1. The maximum Gasteiger partial charge on any atom is 0.291 e. The van der Waals surface area contributed by atoms with E-state index in [4.69, 9.17) is 0 Å². The van der Waals surface area contributed by atoms with Crippen LogP contribution in [0.4, 0.5) is 0 Å². The van der Waals surface area contributed by atoms with Gasteiger partial charge in [0.25, 0.3) is 5.91 Å². The molecule has 1 aliphatic rings. The smallest absolute Gasteiger partial charge is 0.291 e. The molecule has 1 aliphatic heterocycles. The van der Waals surface area contributed by atoms with Crippen LogP contribution in [0.25, 0.3) is 0 Å². The summed E-state index contributed by atoms with van der Waals surface area (Å²) in [5.41, 5.74) is -0.696. The second kappa shape index (κ2) is 5.79. The van der Waals surface area contributed by atoms with Crippen molar-refractivity contribution < 1.29 is 14.4 Å². The van der Waals surface area contributed by atoms with E-state index in [-0.39, 0.29) is 11.6 Å². The van der Waals surface area contributed by atoms with E-state index in [1.54, 1.807) is 20.0 Å². The van der Waals surface area contributed by atoms with Crippen molar-refractivity contribution in [1.82, 2.24) is 14.9 Å². The summed E-state index contributed by atoms with van der Waals surface area (Å²) < 4.78 is 0. The third-order valence-corrected chi connectivity index (χ3v) is 4.24. The molecule has 1 atom stereocenters. The predicted octanol–water partition coefficient (Wildman–Crippen LogP) is 1.59. The highest BCUT2D eigenvalue weighted by Crippen LogP contribution is 2.26. The summed E-state index contributed by atoms with van der Waals surface area (Å²) in [5.74, 6) is -0.969. The molecule has 2 rings (SSSR count). The van der Waals surface area contributed by atoms with Gasteiger partial charge in [-0.3, -0.25) is 14.4 Å². The molecule has 1 amide bonds. The fourth-order valence-electron chi connectivity index (χ4n) is 2.42. The molecule has 2 heterocycles. The molecule has 6 heteroatoms. The number of rotatable bonds is 5. The molecule has 0 aliphatic carbocycles. The molecule has 0 radical (unpaired) electrons. The van der Waals surface area contributed by atoms with E-state index < -0.39 is 23.1 Å². The number of carbonyl (C=O) groups excluding carboxylic acids is 3. The van der Waals surface area contributed by atoms with Gasteiger partial charge >= 0.3 is 0 Å². The van der Waals surface area contributed by atoms with Crippen LogP contribution in [-0.2, 0) is 9.59 Å². The second-order valence-corrected chi connectivity index (χ2v) is 6.03. The number of H-pyrrole nitrogens is 1. The minimum Gasteiger partial charge on any atom is -0.342 e. The van der Waals surface area contributed by atoms with Gasteiger partial charge in [-0.25, -0.2) is 4.98 Å². The molecule has 21 heavy (non-hydrogen) atoms. The molecule has 1 N–H and O–H groups in total. The third-order valence-electron chi connectivity index (χ3n) is 4.24. The molecule has 0 aromatic carbocycles. The number of aromatic nitrogens is 2. The topological polar surface area (TPSA) is 83.1 Å². The van der Waals surface area contributed by atoms with Crippen LogP contribution in [0.1, 0.15) is 50.7 Å². The molecule has 1 aromatic rings. The van der Waals surface area contributed by atoms with E-state index in [1.165, 1.54) is 11.1 Å². The molecule has 114 valence electrons. The Labute approximate surface area is 123 Å². The van der Waals surface area contributed by atoms with Gasteiger partial charge in [0.2, 0.25) is 11.6 Å². The number of hydrogen-bond donors (Lipinski definition) is 1. The normalized spacial score (nSPS) is 18.8.